The van der Waals surface area contributed by atoms with Crippen LogP contribution >= 0.6 is 0 Å². The summed E-state index contributed by atoms with van der Waals surface area (Å²) in [6.45, 7) is 0.474. The molecule has 1 aromatic rings. The van der Waals surface area contributed by atoms with Crippen molar-refractivity contribution in [2.45, 2.75) is 31.1 Å². The van der Waals surface area contributed by atoms with Crippen molar-refractivity contribution < 1.29 is 18.3 Å². The fourth-order valence-electron chi connectivity index (χ4n) is 2.75. The molecule has 0 saturated carbocycles. The molecule has 0 aliphatic carbocycles. The lowest BCUT2D eigenvalue weighted by molar-refractivity contribution is -0.132. The molecule has 1 aromatic carbocycles. The minimum atomic E-state index is -0.627. The van der Waals surface area contributed by atoms with Crippen LogP contribution in [0.2, 0.25) is 0 Å². The maximum absolute atomic E-state index is 14.0. The maximum atomic E-state index is 14.0. The average Bonchev–Trinajstić information content (AvgIpc) is 2.98. The molecular weight excluding hydrogens is 304 g/mol. The molecule has 128 valence electrons. The van der Waals surface area contributed by atoms with Crippen molar-refractivity contribution in [2.75, 3.05) is 27.2 Å². The van der Waals surface area contributed by atoms with Gasteiger partial charge >= 0.3 is 0 Å². The number of hydrogen-bond acceptors (Lipinski definition) is 4. The van der Waals surface area contributed by atoms with Crippen molar-refractivity contribution in [3.05, 3.63) is 35.4 Å². The van der Waals surface area contributed by atoms with Gasteiger partial charge in [-0.2, -0.15) is 0 Å². The first-order valence-electron chi connectivity index (χ1n) is 7.67. The number of nitrogens with one attached hydrogen (secondary N) is 1. The summed E-state index contributed by atoms with van der Waals surface area (Å²) in [4.78, 5) is 13.8. The fourth-order valence-corrected chi connectivity index (χ4v) is 2.75. The van der Waals surface area contributed by atoms with Crippen LogP contribution in [0, 0.1) is 11.6 Å². The lowest BCUT2D eigenvalue weighted by Gasteiger charge is -2.26. The van der Waals surface area contributed by atoms with Gasteiger partial charge in [0, 0.05) is 18.7 Å². The number of rotatable bonds is 6. The minimum absolute atomic E-state index is 0.0509. The van der Waals surface area contributed by atoms with Crippen LogP contribution < -0.4 is 11.1 Å². The quantitative estimate of drug-likeness (QED) is 0.824. The van der Waals surface area contributed by atoms with Crippen molar-refractivity contribution in [3.63, 3.8) is 0 Å². The Balaban J connectivity index is 2.02. The molecule has 1 heterocycles. The molecule has 0 aromatic heterocycles. The number of halogens is 2. The van der Waals surface area contributed by atoms with Crippen molar-refractivity contribution in [1.29, 1.82) is 0 Å². The van der Waals surface area contributed by atoms with E-state index in [9.17, 15) is 13.6 Å². The molecule has 5 nitrogen and oxygen atoms in total. The number of carbonyl (C=O) groups is 1. The van der Waals surface area contributed by atoms with E-state index in [-0.39, 0.29) is 24.1 Å². The highest BCUT2D eigenvalue weighted by Gasteiger charge is 2.31. The van der Waals surface area contributed by atoms with Crippen molar-refractivity contribution in [2.24, 2.45) is 5.73 Å². The minimum Gasteiger partial charge on any atom is -0.364 e. The monoisotopic (exact) mass is 327 g/mol. The zero-order valence-corrected chi connectivity index (χ0v) is 13.4. The van der Waals surface area contributed by atoms with Crippen LogP contribution in [-0.2, 0) is 9.53 Å². The Hall–Kier alpha value is -1.57. The third-order valence-corrected chi connectivity index (χ3v) is 4.09. The van der Waals surface area contributed by atoms with E-state index < -0.39 is 23.8 Å². The Morgan fingerprint density at radius 2 is 2.04 bits per heavy atom. The number of benzene rings is 1. The molecule has 2 rings (SSSR count). The molecule has 1 fully saturated rings. The number of amides is 1. The zero-order valence-electron chi connectivity index (χ0n) is 13.4. The van der Waals surface area contributed by atoms with Crippen molar-refractivity contribution in [1.82, 2.24) is 10.2 Å². The van der Waals surface area contributed by atoms with Gasteiger partial charge < -0.3 is 20.7 Å². The molecule has 23 heavy (non-hydrogen) atoms. The number of ether oxygens (including phenoxy) is 1. The van der Waals surface area contributed by atoms with Gasteiger partial charge in [0.1, 0.15) is 17.7 Å². The predicted molar refractivity (Wildman–Crippen MR) is 82.7 cm³/mol. The standard InChI is InChI=1S/C16H23F2N3O2/c1-21(2)13(15-11(17)4-3-5-12(15)18)9-20-16(22)14-7-6-10(8-19)23-14/h3-5,10,13-14H,6-9,19H2,1-2H3,(H,20,22)/t10-,13?,14+/m1/s1. The normalized spacial score (nSPS) is 22.3. The van der Waals surface area contributed by atoms with Gasteiger partial charge in [-0.1, -0.05) is 6.07 Å². The fraction of sp³-hybridized carbons (Fsp3) is 0.562. The SMILES string of the molecule is CN(C)C(CNC(=O)[C@@H]1CC[C@H](CN)O1)c1c(F)cccc1F. The van der Waals surface area contributed by atoms with Gasteiger partial charge in [-0.15, -0.1) is 0 Å². The van der Waals surface area contributed by atoms with Crippen LogP contribution in [0.25, 0.3) is 0 Å². The van der Waals surface area contributed by atoms with Crippen LogP contribution in [-0.4, -0.2) is 50.2 Å². The summed E-state index contributed by atoms with van der Waals surface area (Å²) in [7, 11) is 3.42. The Labute approximate surface area is 134 Å². The first-order chi connectivity index (χ1) is 10.9. The van der Waals surface area contributed by atoms with E-state index in [0.717, 1.165) is 6.42 Å². The molecule has 1 amide bonds. The summed E-state index contributed by atoms with van der Waals surface area (Å²) >= 11 is 0. The lowest BCUT2D eigenvalue weighted by Crippen LogP contribution is -2.40. The van der Waals surface area contributed by atoms with E-state index in [1.807, 2.05) is 0 Å². The molecule has 0 bridgehead atoms. The first-order valence-corrected chi connectivity index (χ1v) is 7.67. The van der Waals surface area contributed by atoms with Gasteiger partial charge in [0.2, 0.25) is 5.91 Å². The average molecular weight is 327 g/mol. The summed E-state index contributed by atoms with van der Waals surface area (Å²) in [6.07, 6.45) is 0.707. The van der Waals surface area contributed by atoms with Crippen LogP contribution in [0.15, 0.2) is 18.2 Å². The number of hydrogen-bond donors (Lipinski definition) is 2. The van der Waals surface area contributed by atoms with E-state index in [2.05, 4.69) is 5.32 Å². The molecule has 0 spiro atoms. The largest absolute Gasteiger partial charge is 0.364 e. The Bertz CT molecular complexity index is 534. The summed E-state index contributed by atoms with van der Waals surface area (Å²) in [6, 6.07) is 3.14. The second-order valence-corrected chi connectivity index (χ2v) is 5.92. The summed E-state index contributed by atoms with van der Waals surface area (Å²) in [5.74, 6) is -1.53. The van der Waals surface area contributed by atoms with Crippen LogP contribution in [0.5, 0.6) is 0 Å². The molecule has 0 radical (unpaired) electrons. The molecule has 1 aliphatic heterocycles. The third-order valence-electron chi connectivity index (χ3n) is 4.09. The predicted octanol–water partition coefficient (Wildman–Crippen LogP) is 1.19. The highest BCUT2D eigenvalue weighted by atomic mass is 19.1. The van der Waals surface area contributed by atoms with E-state index in [0.29, 0.717) is 13.0 Å². The Morgan fingerprint density at radius 1 is 1.39 bits per heavy atom. The second-order valence-electron chi connectivity index (χ2n) is 5.92. The van der Waals surface area contributed by atoms with Gasteiger partial charge in [-0.3, -0.25) is 4.79 Å². The third kappa shape index (κ3) is 4.25. The van der Waals surface area contributed by atoms with Crippen LogP contribution in [0.3, 0.4) is 0 Å². The molecular formula is C16H23F2N3O2. The maximum Gasteiger partial charge on any atom is 0.249 e. The van der Waals surface area contributed by atoms with Crippen molar-refractivity contribution in [3.8, 4) is 0 Å². The van der Waals surface area contributed by atoms with Gasteiger partial charge in [0.05, 0.1) is 12.1 Å². The molecule has 7 heteroatoms. The zero-order chi connectivity index (χ0) is 17.0. The first kappa shape index (κ1) is 17.8. The molecule has 1 unspecified atom stereocenters. The van der Waals surface area contributed by atoms with Crippen molar-refractivity contribution >= 4 is 5.91 Å². The van der Waals surface area contributed by atoms with Gasteiger partial charge in [0.25, 0.3) is 0 Å². The summed E-state index contributed by atoms with van der Waals surface area (Å²) in [5.41, 5.74) is 5.47. The smallest absolute Gasteiger partial charge is 0.249 e. The lowest BCUT2D eigenvalue weighted by atomic mass is 10.0. The number of likely N-dealkylation sites (N-methyl/N-ethyl adjacent to an activating group) is 1. The number of nitrogens with two attached hydrogens (primary N) is 1. The highest BCUT2D eigenvalue weighted by molar-refractivity contribution is 5.81. The molecule has 3 N–H and O–H groups in total. The highest BCUT2D eigenvalue weighted by Crippen LogP contribution is 2.24. The molecule has 1 aliphatic rings. The topological polar surface area (TPSA) is 67.6 Å². The van der Waals surface area contributed by atoms with Gasteiger partial charge in [-0.25, -0.2) is 8.78 Å². The summed E-state index contributed by atoms with van der Waals surface area (Å²) < 4.78 is 33.5. The van der Waals surface area contributed by atoms with Crippen LogP contribution in [0.1, 0.15) is 24.4 Å². The molecule has 1 saturated heterocycles. The molecule has 3 atom stereocenters. The second kappa shape index (κ2) is 7.81. The Morgan fingerprint density at radius 3 is 2.57 bits per heavy atom. The number of carbonyl (C=O) groups excluding carboxylic acids is 1. The van der Waals surface area contributed by atoms with E-state index >= 15 is 0 Å². The van der Waals surface area contributed by atoms with Gasteiger partial charge in [-0.05, 0) is 39.1 Å². The van der Waals surface area contributed by atoms with E-state index in [4.69, 9.17) is 10.5 Å². The number of nitrogens with zero attached hydrogens (tertiary/aromatic N) is 1. The summed E-state index contributed by atoms with van der Waals surface area (Å²) in [5, 5.41) is 2.72. The van der Waals surface area contributed by atoms with E-state index in [1.54, 1.807) is 19.0 Å². The van der Waals surface area contributed by atoms with Gasteiger partial charge in [0.15, 0.2) is 0 Å². The van der Waals surface area contributed by atoms with Crippen LogP contribution in [0.4, 0.5) is 8.78 Å². The Kier molecular flexibility index (Phi) is 6.04. The van der Waals surface area contributed by atoms with E-state index in [1.165, 1.54) is 18.2 Å².